The molecule has 6 heteroatoms. The third-order valence-corrected chi connectivity index (χ3v) is 4.41. The number of ketones is 2. The monoisotopic (exact) mass is 266 g/mol. The molecule has 0 radical (unpaired) electrons. The molecule has 0 unspecified atom stereocenters. The predicted molar refractivity (Wildman–Crippen MR) is 62.8 cm³/mol. The molecule has 0 amide bonds. The molecule has 0 bridgehead atoms. The molecule has 2 saturated carbocycles. The van der Waals surface area contributed by atoms with E-state index in [9.17, 15) is 30.6 Å². The van der Waals surface area contributed by atoms with E-state index >= 15 is 0 Å². The second kappa shape index (κ2) is 3.44. The van der Waals surface area contributed by atoms with Gasteiger partial charge in [0.2, 0.25) is 0 Å². The van der Waals surface area contributed by atoms with Gasteiger partial charge in [0.15, 0.2) is 27.8 Å². The summed E-state index contributed by atoms with van der Waals surface area (Å²) in [6, 6.07) is 6.38. The van der Waals surface area contributed by atoms with E-state index in [0.717, 1.165) is 0 Å². The Hall–Kier alpha value is -2.70. The maximum atomic E-state index is 12.4. The van der Waals surface area contributed by atoms with Gasteiger partial charge in [0.05, 0.1) is 24.3 Å². The van der Waals surface area contributed by atoms with Crippen molar-refractivity contribution in [1.82, 2.24) is 0 Å². The van der Waals surface area contributed by atoms with Crippen LogP contribution < -0.4 is 0 Å². The molecular weight excluding hydrogens is 256 g/mol. The number of hydrogen-bond acceptors (Lipinski definition) is 6. The fourth-order valence-corrected chi connectivity index (χ4v) is 3.47. The molecule has 0 N–H and O–H groups in total. The van der Waals surface area contributed by atoms with Crippen LogP contribution in [0.2, 0.25) is 0 Å². The Morgan fingerprint density at radius 3 is 1.35 bits per heavy atom. The SMILES string of the molecule is CC1(C)CC(=O)C2(C(=O)C1)C(C#N)(C#N)C2(C#N)C#N. The normalized spacial score (nSPS) is 26.7. The van der Waals surface area contributed by atoms with Crippen LogP contribution in [-0.4, -0.2) is 11.6 Å². The first-order valence-corrected chi connectivity index (χ1v) is 5.97. The van der Waals surface area contributed by atoms with Crippen LogP contribution in [0, 0.1) is 67.0 Å². The first-order valence-electron chi connectivity index (χ1n) is 5.97. The van der Waals surface area contributed by atoms with Crippen LogP contribution in [-0.2, 0) is 9.59 Å². The molecule has 0 aromatic carbocycles. The van der Waals surface area contributed by atoms with Crippen molar-refractivity contribution in [1.29, 1.82) is 21.0 Å². The molecule has 20 heavy (non-hydrogen) atoms. The van der Waals surface area contributed by atoms with Crippen molar-refractivity contribution in [3.63, 3.8) is 0 Å². The minimum Gasteiger partial charge on any atom is -0.298 e. The number of carbonyl (C=O) groups is 2. The van der Waals surface area contributed by atoms with E-state index in [1.807, 2.05) is 0 Å². The van der Waals surface area contributed by atoms with E-state index in [1.165, 1.54) is 0 Å². The van der Waals surface area contributed by atoms with Gasteiger partial charge in [-0.15, -0.1) is 0 Å². The van der Waals surface area contributed by atoms with Gasteiger partial charge in [-0.3, -0.25) is 9.59 Å². The van der Waals surface area contributed by atoms with Crippen LogP contribution in [0.15, 0.2) is 0 Å². The molecule has 0 saturated heterocycles. The summed E-state index contributed by atoms with van der Waals surface area (Å²) in [5, 5.41) is 37.0. The quantitative estimate of drug-likeness (QED) is 0.601. The largest absolute Gasteiger partial charge is 0.298 e. The molecular formula is C14H10N4O2. The number of rotatable bonds is 0. The third kappa shape index (κ3) is 0.987. The van der Waals surface area contributed by atoms with E-state index in [-0.39, 0.29) is 12.8 Å². The summed E-state index contributed by atoms with van der Waals surface area (Å²) in [5.74, 6) is -1.30. The summed E-state index contributed by atoms with van der Waals surface area (Å²) in [7, 11) is 0. The van der Waals surface area contributed by atoms with Crippen molar-refractivity contribution >= 4 is 11.6 Å². The van der Waals surface area contributed by atoms with E-state index in [0.29, 0.717) is 0 Å². The highest BCUT2D eigenvalue weighted by atomic mass is 16.2. The molecule has 0 aromatic heterocycles. The zero-order valence-corrected chi connectivity index (χ0v) is 11.0. The topological polar surface area (TPSA) is 129 Å². The molecule has 0 aliphatic heterocycles. The van der Waals surface area contributed by atoms with Crippen LogP contribution >= 0.6 is 0 Å². The highest BCUT2D eigenvalue weighted by Crippen LogP contribution is 2.80. The highest BCUT2D eigenvalue weighted by molar-refractivity contribution is 6.18. The number of hydrogen-bond donors (Lipinski definition) is 0. The van der Waals surface area contributed by atoms with Gasteiger partial charge >= 0.3 is 0 Å². The molecule has 6 nitrogen and oxygen atoms in total. The van der Waals surface area contributed by atoms with Gasteiger partial charge in [0.1, 0.15) is 0 Å². The number of nitrogens with zero attached hydrogens (tertiary/aromatic N) is 4. The Labute approximate surface area is 115 Å². The molecule has 0 heterocycles. The summed E-state index contributed by atoms with van der Waals surface area (Å²) in [6.45, 7) is 3.44. The van der Waals surface area contributed by atoms with E-state index < -0.39 is 33.2 Å². The highest BCUT2D eigenvalue weighted by Gasteiger charge is 2.98. The van der Waals surface area contributed by atoms with Crippen molar-refractivity contribution in [3.05, 3.63) is 0 Å². The maximum Gasteiger partial charge on any atom is 0.199 e. The van der Waals surface area contributed by atoms with Gasteiger partial charge in [-0.1, -0.05) is 13.8 Å². The fraction of sp³-hybridized carbons (Fsp3) is 0.571. The third-order valence-electron chi connectivity index (χ3n) is 4.41. The molecule has 0 aromatic rings. The number of carbonyl (C=O) groups excluding carboxylic acids is 2. The van der Waals surface area contributed by atoms with Crippen LogP contribution in [0.25, 0.3) is 0 Å². The Morgan fingerprint density at radius 1 is 0.800 bits per heavy atom. The zero-order valence-electron chi connectivity index (χ0n) is 11.0. The standard InChI is InChI=1S/C14H10N4O2/c1-11(2)3-9(19)14(10(20)4-11)12(5-15,6-16)13(14,7-17)8-18/h3-4H2,1-2H3. The summed E-state index contributed by atoms with van der Waals surface area (Å²) in [5.41, 5.74) is -7.06. The van der Waals surface area contributed by atoms with Gasteiger partial charge < -0.3 is 0 Å². The lowest BCUT2D eigenvalue weighted by Gasteiger charge is -2.32. The van der Waals surface area contributed by atoms with Crippen LogP contribution in [0.5, 0.6) is 0 Å². The Morgan fingerprint density at radius 2 is 1.10 bits per heavy atom. The summed E-state index contributed by atoms with van der Waals surface area (Å²) < 4.78 is 0. The van der Waals surface area contributed by atoms with Crippen LogP contribution in [0.1, 0.15) is 26.7 Å². The smallest absolute Gasteiger partial charge is 0.199 e. The number of Topliss-reactive ketones (excluding diaryl/α,β-unsaturated/α-hetero) is 2. The second-order valence-corrected chi connectivity index (χ2v) is 6.06. The average Bonchev–Trinajstić information content (AvgIpc) is 2.94. The summed E-state index contributed by atoms with van der Waals surface area (Å²) >= 11 is 0. The second-order valence-electron chi connectivity index (χ2n) is 6.06. The van der Waals surface area contributed by atoms with Gasteiger partial charge in [-0.2, -0.15) is 21.0 Å². The van der Waals surface area contributed by atoms with E-state index in [2.05, 4.69) is 0 Å². The maximum absolute atomic E-state index is 12.4. The summed E-state index contributed by atoms with van der Waals surface area (Å²) in [6.07, 6.45) is -0.0656. The lowest BCUT2D eigenvalue weighted by molar-refractivity contribution is -0.143. The Bertz CT molecular complexity index is 617. The zero-order chi connectivity index (χ0) is 15.4. The van der Waals surface area contributed by atoms with Gasteiger partial charge in [-0.25, -0.2) is 0 Å². The van der Waals surface area contributed by atoms with Gasteiger partial charge in [-0.05, 0) is 5.41 Å². The van der Waals surface area contributed by atoms with Crippen molar-refractivity contribution < 1.29 is 9.59 Å². The number of nitriles is 4. The molecule has 2 aliphatic carbocycles. The molecule has 0 atom stereocenters. The van der Waals surface area contributed by atoms with Gasteiger partial charge in [0.25, 0.3) is 0 Å². The lowest BCUT2D eigenvalue weighted by atomic mass is 9.66. The molecule has 2 fully saturated rings. The molecule has 98 valence electrons. The Kier molecular flexibility index (Phi) is 2.36. The average molecular weight is 266 g/mol. The minimum atomic E-state index is -2.19. The first-order chi connectivity index (χ1) is 9.25. The van der Waals surface area contributed by atoms with Crippen molar-refractivity contribution in [3.8, 4) is 24.3 Å². The van der Waals surface area contributed by atoms with Gasteiger partial charge in [0, 0.05) is 12.8 Å². The Balaban J connectivity index is 2.76. The van der Waals surface area contributed by atoms with Crippen LogP contribution in [0.3, 0.4) is 0 Å². The predicted octanol–water partition coefficient (Wildman–Crippen LogP) is 1.01. The van der Waals surface area contributed by atoms with E-state index in [4.69, 9.17) is 0 Å². The fourth-order valence-electron chi connectivity index (χ4n) is 3.47. The van der Waals surface area contributed by atoms with Crippen LogP contribution in [0.4, 0.5) is 0 Å². The molecule has 2 aliphatic rings. The lowest BCUT2D eigenvalue weighted by Crippen LogP contribution is -2.43. The van der Waals surface area contributed by atoms with E-state index in [1.54, 1.807) is 38.1 Å². The summed E-state index contributed by atoms with van der Waals surface area (Å²) in [4.78, 5) is 24.9. The minimum absolute atomic E-state index is 0.0328. The van der Waals surface area contributed by atoms with Crippen molar-refractivity contribution in [2.45, 2.75) is 26.7 Å². The first kappa shape index (κ1) is 13.7. The molecule has 1 spiro atoms. The molecule has 2 rings (SSSR count). The van der Waals surface area contributed by atoms with Crippen molar-refractivity contribution in [2.24, 2.45) is 21.7 Å². The van der Waals surface area contributed by atoms with Crippen molar-refractivity contribution in [2.75, 3.05) is 0 Å².